The molecule has 3 nitrogen and oxygen atoms in total. The molecule has 0 saturated carbocycles. The summed E-state index contributed by atoms with van der Waals surface area (Å²) in [7, 11) is 0. The summed E-state index contributed by atoms with van der Waals surface area (Å²) in [5, 5.41) is 5.41. The van der Waals surface area contributed by atoms with Crippen LogP contribution < -0.4 is 5.43 Å². The van der Waals surface area contributed by atoms with E-state index in [0.29, 0.717) is 0 Å². The molecule has 2 aromatic carbocycles. The van der Waals surface area contributed by atoms with E-state index < -0.39 is 0 Å². The molecule has 0 fully saturated rings. The van der Waals surface area contributed by atoms with Crippen LogP contribution in [0.2, 0.25) is 0 Å². The molecule has 18 heavy (non-hydrogen) atoms. The van der Waals surface area contributed by atoms with Crippen LogP contribution in [0.15, 0.2) is 65.9 Å². The van der Waals surface area contributed by atoms with Crippen LogP contribution in [0.5, 0.6) is 0 Å². The molecular weight excluding hydrogens is 222 g/mol. The number of benzene rings is 2. The number of nitrogens with zero attached hydrogens (tertiary/aromatic N) is 1. The predicted octanol–water partition coefficient (Wildman–Crippen LogP) is 3.61. The van der Waals surface area contributed by atoms with E-state index >= 15 is 0 Å². The zero-order valence-electron chi connectivity index (χ0n) is 9.80. The van der Waals surface area contributed by atoms with Crippen LogP contribution in [0.1, 0.15) is 5.56 Å². The molecule has 1 heterocycles. The van der Waals surface area contributed by atoms with Crippen molar-refractivity contribution in [1.82, 2.24) is 4.98 Å². The smallest absolute Gasteiger partial charge is 0.0561 e. The van der Waals surface area contributed by atoms with E-state index in [9.17, 15) is 0 Å². The normalized spacial score (nSPS) is 11.1. The van der Waals surface area contributed by atoms with Crippen molar-refractivity contribution < 1.29 is 0 Å². The third kappa shape index (κ3) is 2.25. The second kappa shape index (κ2) is 4.75. The third-order valence-corrected chi connectivity index (χ3v) is 2.76. The molecule has 3 aromatic rings. The molecule has 2 N–H and O–H groups in total. The molecule has 0 unspecified atom stereocenters. The average molecular weight is 235 g/mol. The molecule has 3 rings (SSSR count). The number of hydrazone groups is 1. The minimum Gasteiger partial charge on any atom is -0.361 e. The highest BCUT2D eigenvalue weighted by Gasteiger charge is 1.94. The lowest BCUT2D eigenvalue weighted by molar-refractivity contribution is 1.35. The van der Waals surface area contributed by atoms with Gasteiger partial charge in [-0.15, -0.1) is 0 Å². The van der Waals surface area contributed by atoms with E-state index in [0.717, 1.165) is 16.8 Å². The topological polar surface area (TPSA) is 40.2 Å². The summed E-state index contributed by atoms with van der Waals surface area (Å²) >= 11 is 0. The Morgan fingerprint density at radius 3 is 2.78 bits per heavy atom. The summed E-state index contributed by atoms with van der Waals surface area (Å²) in [4.78, 5) is 3.17. The highest BCUT2D eigenvalue weighted by molar-refractivity contribution is 5.89. The van der Waals surface area contributed by atoms with Crippen LogP contribution in [0.4, 0.5) is 5.69 Å². The Morgan fingerprint density at radius 1 is 1.00 bits per heavy atom. The van der Waals surface area contributed by atoms with Gasteiger partial charge < -0.3 is 4.98 Å². The number of hydrogen-bond donors (Lipinski definition) is 2. The number of anilines is 1. The quantitative estimate of drug-likeness (QED) is 0.528. The Bertz CT molecular complexity index is 668. The lowest BCUT2D eigenvalue weighted by atomic mass is 10.2. The van der Waals surface area contributed by atoms with Crippen molar-refractivity contribution in [2.45, 2.75) is 0 Å². The van der Waals surface area contributed by atoms with E-state index in [1.54, 1.807) is 0 Å². The molecule has 88 valence electrons. The van der Waals surface area contributed by atoms with E-state index in [1.807, 2.05) is 48.8 Å². The molecule has 0 aliphatic heterocycles. The van der Waals surface area contributed by atoms with E-state index in [2.05, 4.69) is 33.7 Å². The molecule has 0 bridgehead atoms. The van der Waals surface area contributed by atoms with Crippen LogP contribution in [0.3, 0.4) is 0 Å². The number of rotatable bonds is 3. The average Bonchev–Trinajstić information content (AvgIpc) is 2.87. The lowest BCUT2D eigenvalue weighted by Gasteiger charge is -1.98. The number of hydrogen-bond acceptors (Lipinski definition) is 2. The fourth-order valence-electron chi connectivity index (χ4n) is 1.85. The van der Waals surface area contributed by atoms with Crippen molar-refractivity contribution in [2.75, 3.05) is 5.43 Å². The van der Waals surface area contributed by atoms with Crippen molar-refractivity contribution in [3.05, 3.63) is 66.4 Å². The largest absolute Gasteiger partial charge is 0.361 e. The van der Waals surface area contributed by atoms with Gasteiger partial charge in [0, 0.05) is 11.7 Å². The van der Waals surface area contributed by atoms with Crippen molar-refractivity contribution in [3.63, 3.8) is 0 Å². The zero-order chi connectivity index (χ0) is 12.2. The molecule has 0 atom stereocenters. The minimum atomic E-state index is 0.983. The highest BCUT2D eigenvalue weighted by Crippen LogP contribution is 2.13. The van der Waals surface area contributed by atoms with Gasteiger partial charge in [-0.05, 0) is 41.3 Å². The second-order valence-electron chi connectivity index (χ2n) is 4.06. The van der Waals surface area contributed by atoms with Gasteiger partial charge >= 0.3 is 0 Å². The Balaban J connectivity index is 1.75. The fourth-order valence-corrected chi connectivity index (χ4v) is 1.85. The molecule has 0 saturated heterocycles. The van der Waals surface area contributed by atoms with Gasteiger partial charge in [-0.3, -0.25) is 5.43 Å². The number of nitrogens with one attached hydrogen (secondary N) is 2. The van der Waals surface area contributed by atoms with Crippen molar-refractivity contribution >= 4 is 22.8 Å². The van der Waals surface area contributed by atoms with Crippen molar-refractivity contribution in [3.8, 4) is 0 Å². The van der Waals surface area contributed by atoms with E-state index in [-0.39, 0.29) is 0 Å². The molecule has 3 heteroatoms. The van der Waals surface area contributed by atoms with Gasteiger partial charge in [-0.2, -0.15) is 5.10 Å². The SMILES string of the molecule is C(=N\Nc1ccccc1)/c1ccc2[nH]ccc2c1. The van der Waals surface area contributed by atoms with Crippen LogP contribution in [-0.2, 0) is 0 Å². The maximum Gasteiger partial charge on any atom is 0.0561 e. The van der Waals surface area contributed by atoms with Gasteiger partial charge in [0.1, 0.15) is 0 Å². The third-order valence-electron chi connectivity index (χ3n) is 2.76. The van der Waals surface area contributed by atoms with Crippen LogP contribution >= 0.6 is 0 Å². The van der Waals surface area contributed by atoms with Gasteiger partial charge in [0.2, 0.25) is 0 Å². The van der Waals surface area contributed by atoms with Crippen molar-refractivity contribution in [1.29, 1.82) is 0 Å². The zero-order valence-corrected chi connectivity index (χ0v) is 9.80. The molecule has 1 aromatic heterocycles. The Kier molecular flexibility index (Phi) is 2.80. The van der Waals surface area contributed by atoms with Crippen LogP contribution in [0.25, 0.3) is 10.9 Å². The number of fused-ring (bicyclic) bond motifs is 1. The fraction of sp³-hybridized carbons (Fsp3) is 0. The van der Waals surface area contributed by atoms with Crippen LogP contribution in [-0.4, -0.2) is 11.2 Å². The summed E-state index contributed by atoms with van der Waals surface area (Å²) in [6.07, 6.45) is 3.76. The first-order chi connectivity index (χ1) is 8.92. The second-order valence-corrected chi connectivity index (χ2v) is 4.06. The van der Waals surface area contributed by atoms with E-state index in [1.165, 1.54) is 5.39 Å². The lowest BCUT2D eigenvalue weighted by Crippen LogP contribution is -1.89. The summed E-state index contributed by atoms with van der Waals surface area (Å²) in [5.74, 6) is 0. The number of aromatic nitrogens is 1. The number of H-pyrrole nitrogens is 1. The molecule has 0 aliphatic carbocycles. The van der Waals surface area contributed by atoms with Gasteiger partial charge in [0.05, 0.1) is 11.9 Å². The van der Waals surface area contributed by atoms with Gasteiger partial charge in [0.25, 0.3) is 0 Å². The first-order valence-corrected chi connectivity index (χ1v) is 5.83. The maximum atomic E-state index is 4.22. The minimum absolute atomic E-state index is 0.983. The van der Waals surface area contributed by atoms with Gasteiger partial charge in [0.15, 0.2) is 0 Å². The molecule has 0 spiro atoms. The summed E-state index contributed by atoms with van der Waals surface area (Å²) in [5.41, 5.74) is 6.20. The van der Waals surface area contributed by atoms with Crippen LogP contribution in [0, 0.1) is 0 Å². The van der Waals surface area contributed by atoms with E-state index in [4.69, 9.17) is 0 Å². The Hall–Kier alpha value is -2.55. The van der Waals surface area contributed by atoms with Gasteiger partial charge in [-0.25, -0.2) is 0 Å². The standard InChI is InChI=1S/C15H13N3/c1-2-4-14(5-3-1)18-17-11-12-6-7-15-13(10-12)8-9-16-15/h1-11,16,18H/b17-11+. The first-order valence-electron chi connectivity index (χ1n) is 5.83. The number of aromatic amines is 1. The molecule has 0 aliphatic rings. The number of para-hydroxylation sites is 1. The summed E-state index contributed by atoms with van der Waals surface area (Å²) in [6, 6.07) is 18.1. The summed E-state index contributed by atoms with van der Waals surface area (Å²) < 4.78 is 0. The molecular formula is C15H13N3. The van der Waals surface area contributed by atoms with Crippen molar-refractivity contribution in [2.24, 2.45) is 5.10 Å². The molecule has 0 amide bonds. The molecule has 0 radical (unpaired) electrons. The summed E-state index contributed by atoms with van der Waals surface area (Å²) in [6.45, 7) is 0. The highest BCUT2D eigenvalue weighted by atomic mass is 15.3. The van der Waals surface area contributed by atoms with Gasteiger partial charge in [-0.1, -0.05) is 24.3 Å². The maximum absolute atomic E-state index is 4.22. The first kappa shape index (κ1) is 10.6. The monoisotopic (exact) mass is 235 g/mol. The Morgan fingerprint density at radius 2 is 1.89 bits per heavy atom. The Labute approximate surface area is 105 Å². The predicted molar refractivity (Wildman–Crippen MR) is 76.0 cm³/mol.